The third-order valence-electron chi connectivity index (χ3n) is 15.1. The van der Waals surface area contributed by atoms with Crippen LogP contribution in [0, 0.1) is 11.3 Å². The van der Waals surface area contributed by atoms with E-state index in [1.54, 1.807) is 84.9 Å². The van der Waals surface area contributed by atoms with Crippen molar-refractivity contribution in [2.24, 2.45) is 0 Å². The van der Waals surface area contributed by atoms with Gasteiger partial charge in [-0.15, -0.1) is 0 Å². The Bertz CT molecular complexity index is 4840. The van der Waals surface area contributed by atoms with Gasteiger partial charge in [0.05, 0.1) is 67.3 Å². The molecule has 3 heterocycles. The van der Waals surface area contributed by atoms with E-state index in [-0.39, 0.29) is 34.6 Å². The normalized spacial score (nSPS) is 12.4. The number of aromatic nitrogens is 5. The Balaban J connectivity index is 1.08. The molecule has 0 N–H and O–H groups in total. The van der Waals surface area contributed by atoms with Gasteiger partial charge in [0.25, 0.3) is 0 Å². The Hall–Kier alpha value is -10.5. The van der Waals surface area contributed by atoms with E-state index in [0.29, 0.717) is 107 Å². The van der Waals surface area contributed by atoms with E-state index >= 15 is 0 Å². The SMILES string of the molecule is N#Cc1ccc(-c2ccc(-c3nc(-c4ccccc4)nc(-c4ccccc4)n3)cc2-n2c3ccccc3c3cc(-c4ccc(C(F)(F)F)cc4C(F)(F)F)ccc32)c(-n2c3ccccc3c3cc(-c4ccc(C(F)(F)F)cc4C(F)(F)F)ccc32)c1. The highest BCUT2D eigenvalue weighted by Crippen LogP contribution is 2.48. The lowest BCUT2D eigenvalue weighted by molar-refractivity contribution is -0.144. The first-order valence-electron chi connectivity index (χ1n) is 26.3. The largest absolute Gasteiger partial charge is 0.417 e. The quantitative estimate of drug-likeness (QED) is 0.142. The summed E-state index contributed by atoms with van der Waals surface area (Å²) in [6, 6.07) is 57.2. The van der Waals surface area contributed by atoms with Crippen LogP contribution in [0.3, 0.4) is 0 Å². The van der Waals surface area contributed by atoms with Gasteiger partial charge in [-0.1, -0.05) is 140 Å². The van der Waals surface area contributed by atoms with Crippen LogP contribution >= 0.6 is 0 Å². The summed E-state index contributed by atoms with van der Waals surface area (Å²) in [5.74, 6) is 0.946. The minimum atomic E-state index is -5.18. The predicted molar refractivity (Wildman–Crippen MR) is 306 cm³/mol. The highest BCUT2D eigenvalue weighted by atomic mass is 19.4. The molecule has 422 valence electrons. The molecule has 0 aliphatic heterocycles. The van der Waals surface area contributed by atoms with Crippen molar-refractivity contribution >= 4 is 43.6 Å². The molecule has 13 rings (SSSR count). The number of para-hydroxylation sites is 2. The van der Waals surface area contributed by atoms with Crippen molar-refractivity contribution in [3.05, 3.63) is 246 Å². The number of hydrogen-bond donors (Lipinski definition) is 0. The summed E-state index contributed by atoms with van der Waals surface area (Å²) in [5.41, 5.74) is -0.975. The summed E-state index contributed by atoms with van der Waals surface area (Å²) in [6.07, 6.45) is -20.5. The molecule has 0 atom stereocenters. The van der Waals surface area contributed by atoms with Crippen molar-refractivity contribution in [3.63, 3.8) is 0 Å². The van der Waals surface area contributed by atoms with Crippen molar-refractivity contribution in [1.82, 2.24) is 24.1 Å². The zero-order chi connectivity index (χ0) is 60.0. The van der Waals surface area contributed by atoms with E-state index in [2.05, 4.69) is 6.07 Å². The second kappa shape index (κ2) is 20.4. The van der Waals surface area contributed by atoms with Gasteiger partial charge < -0.3 is 9.13 Å². The van der Waals surface area contributed by atoms with Crippen LogP contribution in [0.15, 0.2) is 218 Å². The second-order valence-corrected chi connectivity index (χ2v) is 20.3. The zero-order valence-corrected chi connectivity index (χ0v) is 44.0. The fourth-order valence-corrected chi connectivity index (χ4v) is 11.2. The Morgan fingerprint density at radius 3 is 1.10 bits per heavy atom. The molecule has 0 aliphatic carbocycles. The molecule has 18 heteroatoms. The standard InChI is InChI=1S/C68H36F12N6/c69-65(70,71)44-23-27-46(54(35-44)67(75,76)77)41-21-29-58-52(32-41)48-15-7-9-17-56(48)85(58)60-31-38(37-81)19-25-50(60)51-26-20-43(64-83-62(39-11-3-1-4-12-39)82-63(84-64)40-13-5-2-6-14-40)34-61(51)86-57-18-10-8-16-49(57)53-33-42(22-30-59(53)86)47-28-24-45(66(72,73)74)36-55(47)68(78,79)80/h1-36H. The number of benzene rings is 10. The average Bonchev–Trinajstić information content (AvgIpc) is 1.59. The molecule has 0 unspecified atom stereocenters. The minimum Gasteiger partial charge on any atom is -0.309 e. The lowest BCUT2D eigenvalue weighted by atomic mass is 9.95. The lowest BCUT2D eigenvalue weighted by Crippen LogP contribution is -2.12. The first-order chi connectivity index (χ1) is 41.1. The maximum absolute atomic E-state index is 14.8. The van der Waals surface area contributed by atoms with E-state index in [0.717, 1.165) is 12.1 Å². The van der Waals surface area contributed by atoms with Crippen molar-refractivity contribution in [2.45, 2.75) is 24.7 Å². The van der Waals surface area contributed by atoms with Gasteiger partial charge in [-0.2, -0.15) is 57.9 Å². The van der Waals surface area contributed by atoms with E-state index in [4.69, 9.17) is 15.0 Å². The number of nitriles is 1. The molecule has 0 spiro atoms. The van der Waals surface area contributed by atoms with Crippen molar-refractivity contribution in [2.75, 3.05) is 0 Å². The maximum Gasteiger partial charge on any atom is 0.417 e. The Labute approximate surface area is 479 Å². The van der Waals surface area contributed by atoms with E-state index in [1.807, 2.05) is 81.9 Å². The summed E-state index contributed by atoms with van der Waals surface area (Å²) >= 11 is 0. The van der Waals surface area contributed by atoms with Gasteiger partial charge in [0.2, 0.25) is 0 Å². The summed E-state index contributed by atoms with van der Waals surface area (Å²) in [4.78, 5) is 14.9. The minimum absolute atomic E-state index is 0.0145. The summed E-state index contributed by atoms with van der Waals surface area (Å²) < 4.78 is 175. The highest BCUT2D eigenvalue weighted by Gasteiger charge is 2.40. The number of fused-ring (bicyclic) bond motifs is 6. The molecule has 0 saturated heterocycles. The summed E-state index contributed by atoms with van der Waals surface area (Å²) in [6.45, 7) is 0. The van der Waals surface area contributed by atoms with Crippen molar-refractivity contribution in [1.29, 1.82) is 5.26 Å². The van der Waals surface area contributed by atoms with Crippen LogP contribution in [0.25, 0.3) is 123 Å². The van der Waals surface area contributed by atoms with Crippen molar-refractivity contribution in [3.8, 4) is 85.0 Å². The van der Waals surface area contributed by atoms with Crippen LogP contribution in [-0.2, 0) is 24.7 Å². The third kappa shape index (κ3) is 9.69. The third-order valence-corrected chi connectivity index (χ3v) is 15.1. The molecule has 13 aromatic rings. The number of halogens is 12. The van der Waals surface area contributed by atoms with Gasteiger partial charge in [0.1, 0.15) is 0 Å². The average molecular weight is 1170 g/mol. The molecule has 0 aliphatic rings. The molecule has 0 fully saturated rings. The monoisotopic (exact) mass is 1160 g/mol. The van der Waals surface area contributed by atoms with Gasteiger partial charge >= 0.3 is 24.7 Å². The van der Waals surface area contributed by atoms with Gasteiger partial charge in [0.15, 0.2) is 17.5 Å². The molecule has 10 aromatic carbocycles. The van der Waals surface area contributed by atoms with E-state index in [9.17, 15) is 57.9 Å². The van der Waals surface area contributed by atoms with Gasteiger partial charge in [-0.3, -0.25) is 0 Å². The summed E-state index contributed by atoms with van der Waals surface area (Å²) in [7, 11) is 0. The number of rotatable bonds is 8. The molecule has 0 bridgehead atoms. The Kier molecular flexibility index (Phi) is 13.0. The fraction of sp³-hybridized carbons (Fsp3) is 0.0588. The van der Waals surface area contributed by atoms with E-state index in [1.165, 1.54) is 24.3 Å². The van der Waals surface area contributed by atoms with Crippen LogP contribution in [0.2, 0.25) is 0 Å². The van der Waals surface area contributed by atoms with Crippen LogP contribution in [0.5, 0.6) is 0 Å². The molecule has 3 aromatic heterocycles. The molecule has 0 saturated carbocycles. The van der Waals surface area contributed by atoms with Crippen molar-refractivity contribution < 1.29 is 52.7 Å². The molecule has 0 amide bonds. The first kappa shape index (κ1) is 54.7. The first-order valence-corrected chi connectivity index (χ1v) is 26.3. The van der Waals surface area contributed by atoms with Gasteiger partial charge in [0, 0.05) is 49.4 Å². The van der Waals surface area contributed by atoms with Crippen LogP contribution in [0.1, 0.15) is 27.8 Å². The Morgan fingerprint density at radius 1 is 0.302 bits per heavy atom. The van der Waals surface area contributed by atoms with E-state index < -0.39 is 58.1 Å². The van der Waals surface area contributed by atoms with Crippen LogP contribution in [0.4, 0.5) is 52.7 Å². The molecule has 86 heavy (non-hydrogen) atoms. The smallest absolute Gasteiger partial charge is 0.309 e. The van der Waals surface area contributed by atoms with Crippen LogP contribution < -0.4 is 0 Å². The number of hydrogen-bond acceptors (Lipinski definition) is 4. The second-order valence-electron chi connectivity index (χ2n) is 20.3. The number of alkyl halides is 12. The van der Waals surface area contributed by atoms with Gasteiger partial charge in [-0.05, 0) is 101 Å². The van der Waals surface area contributed by atoms with Crippen LogP contribution in [-0.4, -0.2) is 24.1 Å². The highest BCUT2D eigenvalue weighted by molar-refractivity contribution is 6.13. The predicted octanol–water partition coefficient (Wildman–Crippen LogP) is 20.0. The summed E-state index contributed by atoms with van der Waals surface area (Å²) in [5, 5.41) is 12.5. The lowest BCUT2D eigenvalue weighted by Gasteiger charge is -2.20. The molecule has 0 radical (unpaired) electrons. The number of nitrogens with zero attached hydrogens (tertiary/aromatic N) is 6. The Morgan fingerprint density at radius 2 is 0.674 bits per heavy atom. The maximum atomic E-state index is 14.8. The molecular formula is C68H36F12N6. The zero-order valence-electron chi connectivity index (χ0n) is 44.0. The molecule has 6 nitrogen and oxygen atoms in total. The topological polar surface area (TPSA) is 72.3 Å². The molecular weight excluding hydrogens is 1130 g/mol. The fourth-order valence-electron chi connectivity index (χ4n) is 11.2. The van der Waals surface area contributed by atoms with Gasteiger partial charge in [-0.25, -0.2) is 15.0 Å².